The summed E-state index contributed by atoms with van der Waals surface area (Å²) in [6, 6.07) is 0. The highest BCUT2D eigenvalue weighted by atomic mass is 16.2. The zero-order valence-corrected chi connectivity index (χ0v) is 9.52. The Bertz CT molecular complexity index is 349. The lowest BCUT2D eigenvalue weighted by molar-refractivity contribution is 0.0618. The largest absolute Gasteiger partial charge is 0.338 e. The maximum Gasteiger partial charge on any atom is 0.257 e. The molecule has 16 heavy (non-hydrogen) atoms. The summed E-state index contributed by atoms with van der Waals surface area (Å²) < 4.78 is 0. The van der Waals surface area contributed by atoms with Gasteiger partial charge in [0, 0.05) is 19.3 Å². The molecule has 0 radical (unpaired) electrons. The lowest BCUT2D eigenvalue weighted by Gasteiger charge is -2.36. The summed E-state index contributed by atoms with van der Waals surface area (Å²) in [4.78, 5) is 13.9. The standard InChI is InChI=1S/C11H18N4O/c1-8-2-3-15(7-9(8)4-12)11(16)10-5-13-14-6-10/h5-6,8-9H,2-4,7,12H2,1H3,(H,13,14). The Morgan fingerprint density at radius 3 is 3.19 bits per heavy atom. The molecule has 5 heteroatoms. The Kier molecular flexibility index (Phi) is 3.24. The van der Waals surface area contributed by atoms with Gasteiger partial charge in [0.25, 0.3) is 5.91 Å². The zero-order chi connectivity index (χ0) is 11.5. The number of hydrogen-bond acceptors (Lipinski definition) is 3. The minimum absolute atomic E-state index is 0.0547. The molecule has 2 rings (SSSR count). The van der Waals surface area contributed by atoms with Gasteiger partial charge in [-0.3, -0.25) is 9.89 Å². The maximum absolute atomic E-state index is 12.1. The molecular formula is C11H18N4O. The van der Waals surface area contributed by atoms with Gasteiger partial charge < -0.3 is 10.6 Å². The summed E-state index contributed by atoms with van der Waals surface area (Å²) in [7, 11) is 0. The first-order chi connectivity index (χ1) is 7.72. The van der Waals surface area contributed by atoms with E-state index in [2.05, 4.69) is 17.1 Å². The Morgan fingerprint density at radius 1 is 1.75 bits per heavy atom. The normalized spacial score (nSPS) is 25.8. The number of piperidine rings is 1. The number of nitrogens with two attached hydrogens (primary N) is 1. The summed E-state index contributed by atoms with van der Waals surface area (Å²) in [5, 5.41) is 6.46. The summed E-state index contributed by atoms with van der Waals surface area (Å²) in [6.07, 6.45) is 4.24. The van der Waals surface area contributed by atoms with Crippen LogP contribution in [0, 0.1) is 11.8 Å². The molecule has 1 fully saturated rings. The number of rotatable bonds is 2. The Balaban J connectivity index is 2.03. The number of likely N-dealkylation sites (tertiary alicyclic amines) is 1. The summed E-state index contributed by atoms with van der Waals surface area (Å²) in [6.45, 7) is 4.44. The van der Waals surface area contributed by atoms with E-state index in [0.29, 0.717) is 23.9 Å². The molecule has 0 bridgehead atoms. The molecule has 0 saturated carbocycles. The van der Waals surface area contributed by atoms with Gasteiger partial charge in [-0.15, -0.1) is 0 Å². The van der Waals surface area contributed by atoms with E-state index in [9.17, 15) is 4.79 Å². The van der Waals surface area contributed by atoms with Gasteiger partial charge in [-0.1, -0.05) is 6.92 Å². The third-order valence-electron chi connectivity index (χ3n) is 3.45. The second-order valence-corrected chi connectivity index (χ2v) is 4.50. The van der Waals surface area contributed by atoms with Crippen LogP contribution in [-0.4, -0.2) is 40.6 Å². The lowest BCUT2D eigenvalue weighted by Crippen LogP contribution is -2.45. The number of nitrogens with zero attached hydrogens (tertiary/aromatic N) is 2. The lowest BCUT2D eigenvalue weighted by atomic mass is 9.87. The second kappa shape index (κ2) is 4.65. The topological polar surface area (TPSA) is 75.0 Å². The molecule has 1 aromatic heterocycles. The van der Waals surface area contributed by atoms with E-state index in [-0.39, 0.29) is 5.91 Å². The van der Waals surface area contributed by atoms with Crippen molar-refractivity contribution in [3.63, 3.8) is 0 Å². The van der Waals surface area contributed by atoms with Gasteiger partial charge in [0.2, 0.25) is 0 Å². The minimum Gasteiger partial charge on any atom is -0.338 e. The first-order valence-corrected chi connectivity index (χ1v) is 5.70. The number of carbonyl (C=O) groups excluding carboxylic acids is 1. The zero-order valence-electron chi connectivity index (χ0n) is 9.52. The smallest absolute Gasteiger partial charge is 0.257 e. The average molecular weight is 222 g/mol. The SMILES string of the molecule is CC1CCN(C(=O)c2cn[nH]c2)CC1CN. The van der Waals surface area contributed by atoms with Crippen LogP contribution in [0.1, 0.15) is 23.7 Å². The Morgan fingerprint density at radius 2 is 2.56 bits per heavy atom. The van der Waals surface area contributed by atoms with Crippen LogP contribution in [0.4, 0.5) is 0 Å². The molecule has 2 unspecified atom stereocenters. The third-order valence-corrected chi connectivity index (χ3v) is 3.45. The van der Waals surface area contributed by atoms with Crippen molar-refractivity contribution in [2.24, 2.45) is 17.6 Å². The van der Waals surface area contributed by atoms with Crippen molar-refractivity contribution < 1.29 is 4.79 Å². The highest BCUT2D eigenvalue weighted by Gasteiger charge is 2.28. The highest BCUT2D eigenvalue weighted by Crippen LogP contribution is 2.23. The molecule has 3 N–H and O–H groups in total. The third kappa shape index (κ3) is 2.09. The van der Waals surface area contributed by atoms with Crippen molar-refractivity contribution >= 4 is 5.91 Å². The fourth-order valence-electron chi connectivity index (χ4n) is 2.19. The first kappa shape index (κ1) is 11.1. The fraction of sp³-hybridized carbons (Fsp3) is 0.636. The molecule has 1 aromatic rings. The van der Waals surface area contributed by atoms with E-state index in [1.807, 2.05) is 4.90 Å². The maximum atomic E-state index is 12.1. The van der Waals surface area contributed by atoms with Crippen LogP contribution in [0.3, 0.4) is 0 Å². The highest BCUT2D eigenvalue weighted by molar-refractivity contribution is 5.93. The summed E-state index contributed by atoms with van der Waals surface area (Å²) >= 11 is 0. The number of carbonyl (C=O) groups is 1. The van der Waals surface area contributed by atoms with Gasteiger partial charge >= 0.3 is 0 Å². The van der Waals surface area contributed by atoms with Crippen LogP contribution in [-0.2, 0) is 0 Å². The van der Waals surface area contributed by atoms with Crippen molar-refractivity contribution in [1.29, 1.82) is 0 Å². The Labute approximate surface area is 95.0 Å². The van der Waals surface area contributed by atoms with Crippen molar-refractivity contribution in [2.45, 2.75) is 13.3 Å². The van der Waals surface area contributed by atoms with Crippen LogP contribution in [0.5, 0.6) is 0 Å². The van der Waals surface area contributed by atoms with Crippen molar-refractivity contribution in [1.82, 2.24) is 15.1 Å². The van der Waals surface area contributed by atoms with Gasteiger partial charge in [-0.05, 0) is 24.8 Å². The van der Waals surface area contributed by atoms with Gasteiger partial charge in [0.1, 0.15) is 0 Å². The molecule has 5 nitrogen and oxygen atoms in total. The Hall–Kier alpha value is -1.36. The number of aromatic amines is 1. The van der Waals surface area contributed by atoms with Crippen LogP contribution < -0.4 is 5.73 Å². The van der Waals surface area contributed by atoms with E-state index in [0.717, 1.165) is 19.5 Å². The number of hydrogen-bond donors (Lipinski definition) is 2. The first-order valence-electron chi connectivity index (χ1n) is 5.70. The molecule has 0 spiro atoms. The number of nitrogens with one attached hydrogen (secondary N) is 1. The number of H-pyrrole nitrogens is 1. The van der Waals surface area contributed by atoms with Crippen molar-refractivity contribution in [3.8, 4) is 0 Å². The number of aromatic nitrogens is 2. The molecule has 0 aliphatic carbocycles. The van der Waals surface area contributed by atoms with Crippen molar-refractivity contribution in [3.05, 3.63) is 18.0 Å². The molecule has 1 aliphatic rings. The van der Waals surface area contributed by atoms with E-state index >= 15 is 0 Å². The van der Waals surface area contributed by atoms with Crippen LogP contribution >= 0.6 is 0 Å². The van der Waals surface area contributed by atoms with E-state index in [4.69, 9.17) is 5.73 Å². The summed E-state index contributed by atoms with van der Waals surface area (Å²) in [5.74, 6) is 1.09. The van der Waals surface area contributed by atoms with Crippen LogP contribution in [0.25, 0.3) is 0 Å². The van der Waals surface area contributed by atoms with Crippen LogP contribution in [0.15, 0.2) is 12.4 Å². The molecule has 0 aromatic carbocycles. The quantitative estimate of drug-likeness (QED) is 0.763. The predicted molar refractivity (Wildman–Crippen MR) is 60.8 cm³/mol. The molecule has 1 amide bonds. The molecule has 1 aliphatic heterocycles. The molecule has 88 valence electrons. The van der Waals surface area contributed by atoms with Crippen LogP contribution in [0.2, 0.25) is 0 Å². The van der Waals surface area contributed by atoms with Gasteiger partial charge in [0.05, 0.1) is 11.8 Å². The molecule has 2 atom stereocenters. The number of amides is 1. The summed E-state index contributed by atoms with van der Waals surface area (Å²) in [5.41, 5.74) is 6.35. The molecular weight excluding hydrogens is 204 g/mol. The minimum atomic E-state index is 0.0547. The van der Waals surface area contributed by atoms with Gasteiger partial charge in [0.15, 0.2) is 0 Å². The van der Waals surface area contributed by atoms with E-state index in [1.165, 1.54) is 0 Å². The molecule has 2 heterocycles. The monoisotopic (exact) mass is 222 g/mol. The second-order valence-electron chi connectivity index (χ2n) is 4.50. The molecule has 1 saturated heterocycles. The van der Waals surface area contributed by atoms with E-state index < -0.39 is 0 Å². The van der Waals surface area contributed by atoms with E-state index in [1.54, 1.807) is 12.4 Å². The van der Waals surface area contributed by atoms with Gasteiger partial charge in [-0.25, -0.2) is 0 Å². The van der Waals surface area contributed by atoms with Gasteiger partial charge in [-0.2, -0.15) is 5.10 Å². The van der Waals surface area contributed by atoms with Crippen molar-refractivity contribution in [2.75, 3.05) is 19.6 Å². The predicted octanol–water partition coefficient (Wildman–Crippen LogP) is 0.467. The average Bonchev–Trinajstić information content (AvgIpc) is 2.82. The fourth-order valence-corrected chi connectivity index (χ4v) is 2.19.